The molecule has 0 radical (unpaired) electrons. The Kier molecular flexibility index (Phi) is 5.22. The van der Waals surface area contributed by atoms with Crippen LogP contribution in [-0.2, 0) is 0 Å². The van der Waals surface area contributed by atoms with E-state index in [2.05, 4.69) is 20.2 Å². The van der Waals surface area contributed by atoms with Crippen LogP contribution in [0.1, 0.15) is 29.6 Å². The van der Waals surface area contributed by atoms with Gasteiger partial charge >= 0.3 is 0 Å². The van der Waals surface area contributed by atoms with Crippen molar-refractivity contribution >= 4 is 27.5 Å². The van der Waals surface area contributed by atoms with Crippen molar-refractivity contribution in [3.63, 3.8) is 0 Å². The van der Waals surface area contributed by atoms with Gasteiger partial charge in [0.2, 0.25) is 0 Å². The number of thiazole rings is 1. The van der Waals surface area contributed by atoms with Gasteiger partial charge < -0.3 is 10.2 Å². The quantitative estimate of drug-likeness (QED) is 0.750. The predicted molar refractivity (Wildman–Crippen MR) is 105 cm³/mol. The van der Waals surface area contributed by atoms with Crippen molar-refractivity contribution in [2.75, 3.05) is 26.2 Å². The van der Waals surface area contributed by atoms with Gasteiger partial charge in [0, 0.05) is 19.3 Å². The molecule has 6 heteroatoms. The molecule has 2 aromatic heterocycles. The number of hydrogen-bond donors (Lipinski definition) is 1. The molecule has 5 nitrogen and oxygen atoms in total. The fraction of sp³-hybridized carbons (Fsp3) is 0.350. The van der Waals surface area contributed by atoms with E-state index in [0.717, 1.165) is 34.9 Å². The van der Waals surface area contributed by atoms with Gasteiger partial charge in [-0.1, -0.05) is 18.6 Å². The average Bonchev–Trinajstić information content (AvgIpc) is 3.13. The Hall–Kier alpha value is -2.31. The third kappa shape index (κ3) is 3.76. The maximum Gasteiger partial charge on any atom is 0.253 e. The fourth-order valence-corrected chi connectivity index (χ4v) is 4.31. The summed E-state index contributed by atoms with van der Waals surface area (Å²) in [5.41, 5.74) is 2.18. The first-order chi connectivity index (χ1) is 12.8. The highest BCUT2D eigenvalue weighted by Crippen LogP contribution is 2.30. The first-order valence-corrected chi connectivity index (χ1v) is 9.94. The van der Waals surface area contributed by atoms with Gasteiger partial charge in [-0.2, -0.15) is 0 Å². The maximum atomic E-state index is 12.7. The number of rotatable bonds is 5. The summed E-state index contributed by atoms with van der Waals surface area (Å²) >= 11 is 1.57. The molecule has 0 saturated carbocycles. The minimum absolute atomic E-state index is 0.0793. The molecule has 1 aromatic carbocycles. The summed E-state index contributed by atoms with van der Waals surface area (Å²) in [4.78, 5) is 24.2. The van der Waals surface area contributed by atoms with Gasteiger partial charge in [0.05, 0.1) is 15.8 Å². The molecule has 1 fully saturated rings. The number of pyridine rings is 1. The summed E-state index contributed by atoms with van der Waals surface area (Å²) in [6.45, 7) is 3.84. The smallest absolute Gasteiger partial charge is 0.253 e. The second-order valence-electron chi connectivity index (χ2n) is 6.54. The Bertz CT molecular complexity index is 868. The molecule has 0 bridgehead atoms. The number of benzene rings is 1. The van der Waals surface area contributed by atoms with E-state index < -0.39 is 0 Å². The van der Waals surface area contributed by atoms with E-state index in [-0.39, 0.29) is 5.91 Å². The molecular weight excluding hydrogens is 344 g/mol. The fourth-order valence-electron chi connectivity index (χ4n) is 3.34. The monoisotopic (exact) mass is 366 g/mol. The number of likely N-dealkylation sites (tertiary alicyclic amines) is 1. The number of nitrogens with one attached hydrogen (secondary N) is 1. The highest BCUT2D eigenvalue weighted by molar-refractivity contribution is 7.21. The van der Waals surface area contributed by atoms with Crippen LogP contribution in [0.15, 0.2) is 42.6 Å². The third-order valence-electron chi connectivity index (χ3n) is 4.71. The van der Waals surface area contributed by atoms with Crippen LogP contribution in [0.5, 0.6) is 0 Å². The minimum atomic E-state index is -0.0793. The SMILES string of the molecule is O=C(NCCN1CCCCC1)c1cccnc1-c1nc2ccccc2s1. The molecule has 0 aliphatic carbocycles. The number of piperidine rings is 1. The lowest BCUT2D eigenvalue weighted by molar-refractivity contribution is 0.0947. The molecule has 134 valence electrons. The van der Waals surface area contributed by atoms with Crippen LogP contribution in [-0.4, -0.2) is 47.0 Å². The largest absolute Gasteiger partial charge is 0.351 e. The van der Waals surface area contributed by atoms with Crippen LogP contribution in [0.25, 0.3) is 20.9 Å². The van der Waals surface area contributed by atoms with E-state index in [0.29, 0.717) is 17.8 Å². The van der Waals surface area contributed by atoms with E-state index in [1.54, 1.807) is 23.6 Å². The number of nitrogens with zero attached hydrogens (tertiary/aromatic N) is 3. The second kappa shape index (κ2) is 7.93. The van der Waals surface area contributed by atoms with Crippen LogP contribution in [0.3, 0.4) is 0 Å². The van der Waals surface area contributed by atoms with Crippen molar-refractivity contribution in [2.45, 2.75) is 19.3 Å². The van der Waals surface area contributed by atoms with Crippen molar-refractivity contribution in [1.82, 2.24) is 20.2 Å². The van der Waals surface area contributed by atoms with E-state index in [9.17, 15) is 4.79 Å². The van der Waals surface area contributed by atoms with Crippen molar-refractivity contribution in [3.05, 3.63) is 48.2 Å². The maximum absolute atomic E-state index is 12.7. The summed E-state index contributed by atoms with van der Waals surface area (Å²) in [6, 6.07) is 11.6. The number of carbonyl (C=O) groups excluding carboxylic acids is 1. The van der Waals surface area contributed by atoms with Gasteiger partial charge in [-0.15, -0.1) is 11.3 Å². The first-order valence-electron chi connectivity index (χ1n) is 9.13. The number of amides is 1. The topological polar surface area (TPSA) is 58.1 Å². The van der Waals surface area contributed by atoms with Gasteiger partial charge in [0.25, 0.3) is 5.91 Å². The van der Waals surface area contributed by atoms with Crippen LogP contribution >= 0.6 is 11.3 Å². The second-order valence-corrected chi connectivity index (χ2v) is 7.58. The molecule has 0 atom stereocenters. The van der Waals surface area contributed by atoms with E-state index in [4.69, 9.17) is 0 Å². The molecule has 1 saturated heterocycles. The van der Waals surface area contributed by atoms with Gasteiger partial charge in [0.15, 0.2) is 0 Å². The zero-order valence-electron chi connectivity index (χ0n) is 14.6. The average molecular weight is 366 g/mol. The molecule has 1 aliphatic heterocycles. The normalized spacial score (nSPS) is 15.2. The molecule has 26 heavy (non-hydrogen) atoms. The predicted octanol–water partition coefficient (Wildman–Crippen LogP) is 3.57. The molecule has 1 amide bonds. The summed E-state index contributed by atoms with van der Waals surface area (Å²) < 4.78 is 1.10. The Morgan fingerprint density at radius 1 is 1.12 bits per heavy atom. The van der Waals surface area contributed by atoms with Crippen LogP contribution in [0.4, 0.5) is 0 Å². The van der Waals surface area contributed by atoms with Gasteiger partial charge in [-0.3, -0.25) is 9.78 Å². The molecular formula is C20H22N4OS. The summed E-state index contributed by atoms with van der Waals surface area (Å²) in [5.74, 6) is -0.0793. The number of aromatic nitrogens is 2. The van der Waals surface area contributed by atoms with E-state index >= 15 is 0 Å². The standard InChI is InChI=1S/C20H22N4OS/c25-19(22-11-14-24-12-4-1-5-13-24)15-7-6-10-21-18(15)20-23-16-8-2-3-9-17(16)26-20/h2-3,6-10H,1,4-5,11-14H2,(H,22,25). The third-order valence-corrected chi connectivity index (χ3v) is 5.75. The van der Waals surface area contributed by atoms with Gasteiger partial charge in [-0.25, -0.2) is 4.98 Å². The van der Waals surface area contributed by atoms with Crippen molar-refractivity contribution in [3.8, 4) is 10.7 Å². The lowest BCUT2D eigenvalue weighted by atomic mass is 10.1. The van der Waals surface area contributed by atoms with Crippen LogP contribution < -0.4 is 5.32 Å². The highest BCUT2D eigenvalue weighted by Gasteiger charge is 2.17. The number of para-hydroxylation sites is 1. The first kappa shape index (κ1) is 17.1. The van der Waals surface area contributed by atoms with Gasteiger partial charge in [0.1, 0.15) is 10.7 Å². The number of carbonyl (C=O) groups is 1. The Morgan fingerprint density at radius 2 is 1.96 bits per heavy atom. The zero-order chi connectivity index (χ0) is 17.8. The van der Waals surface area contributed by atoms with Crippen molar-refractivity contribution in [2.24, 2.45) is 0 Å². The zero-order valence-corrected chi connectivity index (χ0v) is 15.5. The molecule has 3 heterocycles. The Morgan fingerprint density at radius 3 is 2.81 bits per heavy atom. The molecule has 1 N–H and O–H groups in total. The molecule has 1 aliphatic rings. The van der Waals surface area contributed by atoms with Crippen molar-refractivity contribution in [1.29, 1.82) is 0 Å². The number of hydrogen-bond acceptors (Lipinski definition) is 5. The van der Waals surface area contributed by atoms with Gasteiger partial charge in [-0.05, 0) is 50.2 Å². The number of fused-ring (bicyclic) bond motifs is 1. The highest BCUT2D eigenvalue weighted by atomic mass is 32.1. The molecule has 3 aromatic rings. The molecule has 0 spiro atoms. The summed E-state index contributed by atoms with van der Waals surface area (Å²) in [7, 11) is 0. The lowest BCUT2D eigenvalue weighted by Gasteiger charge is -2.26. The molecule has 4 rings (SSSR count). The van der Waals surface area contributed by atoms with E-state index in [1.165, 1.54) is 19.3 Å². The summed E-state index contributed by atoms with van der Waals surface area (Å²) in [5, 5.41) is 3.83. The van der Waals surface area contributed by atoms with Crippen LogP contribution in [0.2, 0.25) is 0 Å². The minimum Gasteiger partial charge on any atom is -0.351 e. The van der Waals surface area contributed by atoms with E-state index in [1.807, 2.05) is 30.3 Å². The van der Waals surface area contributed by atoms with Crippen molar-refractivity contribution < 1.29 is 4.79 Å². The summed E-state index contributed by atoms with van der Waals surface area (Å²) in [6.07, 6.45) is 5.56. The van der Waals surface area contributed by atoms with Crippen LogP contribution in [0, 0.1) is 0 Å². The lowest BCUT2D eigenvalue weighted by Crippen LogP contribution is -2.37. The Balaban J connectivity index is 1.48. The Labute approximate surface area is 157 Å². The molecule has 0 unspecified atom stereocenters.